The standard InChI is InChI=1S/C15H24N2O/c1-11(2)5-6-17(4)10-13-7-12(3)8-14(9-13)15(16)18/h7-9,11H,5-6,10H2,1-4H3,(H2,16,18). The Morgan fingerprint density at radius 3 is 2.56 bits per heavy atom. The molecule has 2 N–H and O–H groups in total. The van der Waals surface area contributed by atoms with Crippen LogP contribution >= 0.6 is 0 Å². The Kier molecular flexibility index (Phi) is 5.35. The zero-order valence-corrected chi connectivity index (χ0v) is 11.9. The molecule has 0 atom stereocenters. The summed E-state index contributed by atoms with van der Waals surface area (Å²) in [7, 11) is 2.11. The van der Waals surface area contributed by atoms with Crippen LogP contribution in [0.15, 0.2) is 18.2 Å². The van der Waals surface area contributed by atoms with Crippen LogP contribution in [-0.2, 0) is 6.54 Å². The van der Waals surface area contributed by atoms with Crippen LogP contribution in [-0.4, -0.2) is 24.4 Å². The molecule has 18 heavy (non-hydrogen) atoms. The molecule has 100 valence electrons. The molecule has 0 aromatic heterocycles. The fourth-order valence-corrected chi connectivity index (χ4v) is 1.97. The lowest BCUT2D eigenvalue weighted by atomic mass is 10.1. The minimum absolute atomic E-state index is 0.357. The van der Waals surface area contributed by atoms with Crippen molar-refractivity contribution in [3.8, 4) is 0 Å². The lowest BCUT2D eigenvalue weighted by molar-refractivity contribution is 0.1000. The molecule has 0 aliphatic rings. The molecule has 1 rings (SSSR count). The van der Waals surface area contributed by atoms with Gasteiger partial charge >= 0.3 is 0 Å². The highest BCUT2D eigenvalue weighted by Crippen LogP contribution is 2.12. The van der Waals surface area contributed by atoms with Crippen molar-refractivity contribution in [2.45, 2.75) is 33.7 Å². The van der Waals surface area contributed by atoms with Crippen molar-refractivity contribution in [1.82, 2.24) is 4.90 Å². The van der Waals surface area contributed by atoms with E-state index in [1.807, 2.05) is 19.1 Å². The Morgan fingerprint density at radius 2 is 2.00 bits per heavy atom. The highest BCUT2D eigenvalue weighted by Gasteiger charge is 2.06. The fourth-order valence-electron chi connectivity index (χ4n) is 1.97. The molecule has 0 aliphatic carbocycles. The van der Waals surface area contributed by atoms with Gasteiger partial charge in [0, 0.05) is 12.1 Å². The molecule has 0 spiro atoms. The van der Waals surface area contributed by atoms with Gasteiger partial charge in [0.05, 0.1) is 0 Å². The van der Waals surface area contributed by atoms with E-state index in [1.165, 1.54) is 6.42 Å². The predicted molar refractivity (Wildman–Crippen MR) is 75.5 cm³/mol. The quantitative estimate of drug-likeness (QED) is 0.841. The van der Waals surface area contributed by atoms with E-state index in [1.54, 1.807) is 0 Å². The summed E-state index contributed by atoms with van der Waals surface area (Å²) < 4.78 is 0. The average Bonchev–Trinajstić information content (AvgIpc) is 2.25. The molecule has 1 aromatic carbocycles. The first kappa shape index (κ1) is 14.7. The SMILES string of the molecule is Cc1cc(CN(C)CCC(C)C)cc(C(N)=O)c1. The minimum Gasteiger partial charge on any atom is -0.366 e. The van der Waals surface area contributed by atoms with Crippen LogP contribution in [0.4, 0.5) is 0 Å². The molecule has 0 heterocycles. The Bertz CT molecular complexity index is 413. The van der Waals surface area contributed by atoms with Gasteiger partial charge in [-0.15, -0.1) is 0 Å². The number of nitrogens with two attached hydrogens (primary N) is 1. The summed E-state index contributed by atoms with van der Waals surface area (Å²) in [5.41, 5.74) is 8.16. The number of primary amides is 1. The van der Waals surface area contributed by atoms with Gasteiger partial charge in [0.2, 0.25) is 5.91 Å². The molecule has 0 fully saturated rings. The van der Waals surface area contributed by atoms with Crippen LogP contribution in [0, 0.1) is 12.8 Å². The second kappa shape index (κ2) is 6.55. The van der Waals surface area contributed by atoms with Gasteiger partial charge in [0.1, 0.15) is 0 Å². The van der Waals surface area contributed by atoms with E-state index in [0.29, 0.717) is 11.5 Å². The maximum absolute atomic E-state index is 11.2. The average molecular weight is 248 g/mol. The van der Waals surface area contributed by atoms with Gasteiger partial charge in [-0.3, -0.25) is 4.79 Å². The van der Waals surface area contributed by atoms with E-state index >= 15 is 0 Å². The largest absolute Gasteiger partial charge is 0.366 e. The van der Waals surface area contributed by atoms with Crippen LogP contribution in [0.5, 0.6) is 0 Å². The van der Waals surface area contributed by atoms with Crippen molar-refractivity contribution in [2.75, 3.05) is 13.6 Å². The number of hydrogen-bond acceptors (Lipinski definition) is 2. The summed E-state index contributed by atoms with van der Waals surface area (Å²) >= 11 is 0. The Balaban J connectivity index is 2.69. The number of hydrogen-bond donors (Lipinski definition) is 1. The summed E-state index contributed by atoms with van der Waals surface area (Å²) in [6.07, 6.45) is 1.19. The maximum atomic E-state index is 11.2. The molecular weight excluding hydrogens is 224 g/mol. The van der Waals surface area contributed by atoms with Crippen molar-refractivity contribution < 1.29 is 4.79 Å². The second-order valence-corrected chi connectivity index (χ2v) is 5.49. The molecule has 3 nitrogen and oxygen atoms in total. The first-order chi connectivity index (χ1) is 8.38. The van der Waals surface area contributed by atoms with Gasteiger partial charge in [-0.05, 0) is 50.6 Å². The molecule has 0 bridgehead atoms. The van der Waals surface area contributed by atoms with Crippen molar-refractivity contribution in [2.24, 2.45) is 11.7 Å². The minimum atomic E-state index is -0.357. The number of carbonyl (C=O) groups excluding carboxylic acids is 1. The molecule has 0 saturated carbocycles. The Morgan fingerprint density at radius 1 is 1.33 bits per heavy atom. The van der Waals surface area contributed by atoms with E-state index in [4.69, 9.17) is 5.73 Å². The molecular formula is C15H24N2O. The molecule has 3 heteroatoms. The third-order valence-electron chi connectivity index (χ3n) is 2.96. The fraction of sp³-hybridized carbons (Fsp3) is 0.533. The van der Waals surface area contributed by atoms with Crippen molar-refractivity contribution in [1.29, 1.82) is 0 Å². The van der Waals surface area contributed by atoms with Crippen LogP contribution in [0.1, 0.15) is 41.8 Å². The van der Waals surface area contributed by atoms with Crippen molar-refractivity contribution in [3.63, 3.8) is 0 Å². The van der Waals surface area contributed by atoms with Crippen LogP contribution in [0.25, 0.3) is 0 Å². The first-order valence-electron chi connectivity index (χ1n) is 6.47. The smallest absolute Gasteiger partial charge is 0.248 e. The topological polar surface area (TPSA) is 46.3 Å². The highest BCUT2D eigenvalue weighted by atomic mass is 16.1. The normalized spacial score (nSPS) is 11.2. The van der Waals surface area contributed by atoms with Crippen LogP contribution in [0.3, 0.4) is 0 Å². The number of nitrogens with zero attached hydrogens (tertiary/aromatic N) is 1. The van der Waals surface area contributed by atoms with Gasteiger partial charge in [-0.1, -0.05) is 25.5 Å². The monoisotopic (exact) mass is 248 g/mol. The summed E-state index contributed by atoms with van der Waals surface area (Å²) in [6.45, 7) is 8.37. The number of amides is 1. The van der Waals surface area contributed by atoms with Crippen molar-refractivity contribution >= 4 is 5.91 Å². The summed E-state index contributed by atoms with van der Waals surface area (Å²) in [4.78, 5) is 13.5. The van der Waals surface area contributed by atoms with E-state index in [0.717, 1.165) is 24.2 Å². The number of rotatable bonds is 6. The van der Waals surface area contributed by atoms with Gasteiger partial charge < -0.3 is 10.6 Å². The Hall–Kier alpha value is -1.35. The van der Waals surface area contributed by atoms with Gasteiger partial charge in [0.15, 0.2) is 0 Å². The third-order valence-corrected chi connectivity index (χ3v) is 2.96. The van der Waals surface area contributed by atoms with E-state index in [9.17, 15) is 4.79 Å². The number of benzene rings is 1. The lowest BCUT2D eigenvalue weighted by Crippen LogP contribution is -2.21. The van der Waals surface area contributed by atoms with E-state index < -0.39 is 0 Å². The van der Waals surface area contributed by atoms with E-state index in [2.05, 4.69) is 31.9 Å². The molecule has 1 aromatic rings. The maximum Gasteiger partial charge on any atom is 0.248 e. The summed E-state index contributed by atoms with van der Waals surface area (Å²) in [5, 5.41) is 0. The molecule has 0 unspecified atom stereocenters. The molecule has 0 aliphatic heterocycles. The second-order valence-electron chi connectivity index (χ2n) is 5.49. The van der Waals surface area contributed by atoms with Gasteiger partial charge in [-0.2, -0.15) is 0 Å². The zero-order chi connectivity index (χ0) is 13.7. The van der Waals surface area contributed by atoms with Crippen LogP contribution in [0.2, 0.25) is 0 Å². The van der Waals surface area contributed by atoms with Gasteiger partial charge in [-0.25, -0.2) is 0 Å². The molecule has 0 radical (unpaired) electrons. The molecule has 0 saturated heterocycles. The lowest BCUT2D eigenvalue weighted by Gasteiger charge is -2.18. The predicted octanol–water partition coefficient (Wildman–Crippen LogP) is 2.57. The summed E-state index contributed by atoms with van der Waals surface area (Å²) in [6, 6.07) is 5.83. The van der Waals surface area contributed by atoms with Crippen LogP contribution < -0.4 is 5.73 Å². The summed E-state index contributed by atoms with van der Waals surface area (Å²) in [5.74, 6) is 0.357. The zero-order valence-electron chi connectivity index (χ0n) is 11.9. The van der Waals surface area contributed by atoms with Gasteiger partial charge in [0.25, 0.3) is 0 Å². The van der Waals surface area contributed by atoms with Crippen molar-refractivity contribution in [3.05, 3.63) is 34.9 Å². The first-order valence-corrected chi connectivity index (χ1v) is 6.47. The molecule has 1 amide bonds. The van der Waals surface area contributed by atoms with E-state index in [-0.39, 0.29) is 5.91 Å². The third kappa shape index (κ3) is 4.88. The Labute approximate surface area is 110 Å². The number of carbonyl (C=O) groups is 1. The number of aryl methyl sites for hydroxylation is 1. The highest BCUT2D eigenvalue weighted by molar-refractivity contribution is 5.93.